The summed E-state index contributed by atoms with van der Waals surface area (Å²) in [6, 6.07) is 14.3. The van der Waals surface area contributed by atoms with Crippen molar-refractivity contribution in [2.75, 3.05) is 18.4 Å². The molecule has 2 aromatic carbocycles. The molecule has 36 heavy (non-hydrogen) atoms. The molecule has 0 unspecified atom stereocenters. The van der Waals surface area contributed by atoms with Gasteiger partial charge in [0.15, 0.2) is 6.10 Å². The number of carbonyl (C=O) groups excluding carboxylic acids is 2. The van der Waals surface area contributed by atoms with Crippen molar-refractivity contribution >= 4 is 27.6 Å². The topological polar surface area (TPSA) is 120 Å². The van der Waals surface area contributed by atoms with Gasteiger partial charge in [-0.2, -0.15) is 4.31 Å². The molecule has 1 heterocycles. The Morgan fingerprint density at radius 3 is 2.17 bits per heavy atom. The van der Waals surface area contributed by atoms with E-state index in [2.05, 4.69) is 5.32 Å². The van der Waals surface area contributed by atoms with Crippen molar-refractivity contribution in [2.45, 2.75) is 38.7 Å². The van der Waals surface area contributed by atoms with Gasteiger partial charge in [-0.25, -0.2) is 17.9 Å². The van der Waals surface area contributed by atoms with Gasteiger partial charge in [-0.1, -0.05) is 32.0 Å². The Morgan fingerprint density at radius 1 is 1.03 bits per heavy atom. The molecule has 192 valence electrons. The third-order valence-electron chi connectivity index (χ3n) is 5.89. The molecular weight excluding hydrogens is 484 g/mol. The van der Waals surface area contributed by atoms with Crippen LogP contribution in [0.1, 0.15) is 36.8 Å². The molecule has 0 aliphatic heterocycles. The number of aromatic nitrogens is 2. The molecule has 0 aliphatic carbocycles. The average Bonchev–Trinajstić information content (AvgIpc) is 3.08. The molecule has 1 atom stereocenters. The minimum atomic E-state index is -3.66. The van der Waals surface area contributed by atoms with Gasteiger partial charge in [0, 0.05) is 20.1 Å². The molecule has 0 saturated heterocycles. The predicted octanol–water partition coefficient (Wildman–Crippen LogP) is 2.70. The number of sulfonamides is 1. The van der Waals surface area contributed by atoms with E-state index in [-0.39, 0.29) is 16.1 Å². The first-order valence-electron chi connectivity index (χ1n) is 11.5. The summed E-state index contributed by atoms with van der Waals surface area (Å²) in [6.07, 6.45) is -1.21. The van der Waals surface area contributed by atoms with Crippen LogP contribution in [0.4, 0.5) is 5.69 Å². The fraction of sp³-hybridized carbons (Fsp3) is 0.320. The van der Waals surface area contributed by atoms with E-state index in [4.69, 9.17) is 4.74 Å². The SMILES string of the molecule is CCN(CC)S(=O)(=O)c1ccc(C(=O)O[C@H](C)C(=O)Nc2c(C)n(C)n(-c3ccccc3)c2=O)cc1. The van der Waals surface area contributed by atoms with Gasteiger partial charge in [0.1, 0.15) is 5.69 Å². The minimum absolute atomic E-state index is 0.0581. The van der Waals surface area contributed by atoms with E-state index in [0.29, 0.717) is 24.5 Å². The number of benzene rings is 2. The third kappa shape index (κ3) is 5.26. The summed E-state index contributed by atoms with van der Waals surface area (Å²) >= 11 is 0. The summed E-state index contributed by atoms with van der Waals surface area (Å²) in [5.74, 6) is -1.47. The van der Waals surface area contributed by atoms with Crippen molar-refractivity contribution in [2.24, 2.45) is 7.05 Å². The number of nitrogens with one attached hydrogen (secondary N) is 1. The summed E-state index contributed by atoms with van der Waals surface area (Å²) in [5.41, 5.74) is 0.925. The Kier molecular flexibility index (Phi) is 8.16. The van der Waals surface area contributed by atoms with E-state index in [0.717, 1.165) is 0 Å². The van der Waals surface area contributed by atoms with E-state index in [1.165, 1.54) is 40.2 Å². The lowest BCUT2D eigenvalue weighted by molar-refractivity contribution is -0.123. The zero-order valence-electron chi connectivity index (χ0n) is 20.9. The van der Waals surface area contributed by atoms with Crippen LogP contribution in [0.3, 0.4) is 0 Å². The average molecular weight is 515 g/mol. The van der Waals surface area contributed by atoms with E-state index in [1.807, 2.05) is 6.07 Å². The lowest BCUT2D eigenvalue weighted by Gasteiger charge is -2.18. The van der Waals surface area contributed by atoms with E-state index >= 15 is 0 Å². The standard InChI is InChI=1S/C25H30N4O6S/c1-6-28(7-2)36(33,34)21-15-13-19(14-16-21)25(32)35-18(4)23(30)26-22-17(3)27(5)29(24(22)31)20-11-9-8-10-12-20/h8-16,18H,6-7H2,1-5H3,(H,26,30)/t18-/m1/s1. The number of anilines is 1. The van der Waals surface area contributed by atoms with Crippen LogP contribution in [0.25, 0.3) is 5.69 Å². The second-order valence-corrected chi connectivity index (χ2v) is 10.0. The summed E-state index contributed by atoms with van der Waals surface area (Å²) < 4.78 is 34.8. The zero-order chi connectivity index (χ0) is 26.6. The number of esters is 1. The molecule has 11 heteroatoms. The summed E-state index contributed by atoms with van der Waals surface area (Å²) in [6.45, 7) is 7.22. The van der Waals surface area contributed by atoms with Crippen LogP contribution in [0.2, 0.25) is 0 Å². The first kappa shape index (κ1) is 26.9. The Morgan fingerprint density at radius 2 is 1.61 bits per heavy atom. The number of hydrogen-bond acceptors (Lipinski definition) is 6. The van der Waals surface area contributed by atoms with Gasteiger partial charge in [0.2, 0.25) is 10.0 Å². The van der Waals surface area contributed by atoms with Crippen LogP contribution < -0.4 is 10.9 Å². The largest absolute Gasteiger partial charge is 0.449 e. The van der Waals surface area contributed by atoms with Gasteiger partial charge in [-0.3, -0.25) is 14.3 Å². The van der Waals surface area contributed by atoms with Gasteiger partial charge in [-0.15, -0.1) is 0 Å². The van der Waals surface area contributed by atoms with Gasteiger partial charge >= 0.3 is 5.97 Å². The van der Waals surface area contributed by atoms with Crippen molar-refractivity contribution in [3.05, 3.63) is 76.2 Å². The summed E-state index contributed by atoms with van der Waals surface area (Å²) in [5, 5.41) is 2.57. The van der Waals surface area contributed by atoms with Crippen LogP contribution in [0.5, 0.6) is 0 Å². The normalized spacial score (nSPS) is 12.4. The molecule has 0 radical (unpaired) electrons. The fourth-order valence-corrected chi connectivity index (χ4v) is 5.15. The van der Waals surface area contributed by atoms with Crippen LogP contribution in [0, 0.1) is 6.92 Å². The zero-order valence-corrected chi connectivity index (χ0v) is 21.7. The highest BCUT2D eigenvalue weighted by molar-refractivity contribution is 7.89. The lowest BCUT2D eigenvalue weighted by Crippen LogP contribution is -2.32. The van der Waals surface area contributed by atoms with Crippen LogP contribution in [0.15, 0.2) is 64.3 Å². The molecule has 0 fully saturated rings. The molecule has 3 rings (SSSR count). The number of nitrogens with zero attached hydrogens (tertiary/aromatic N) is 3. The number of ether oxygens (including phenoxy) is 1. The Labute approximate surface area is 210 Å². The summed E-state index contributed by atoms with van der Waals surface area (Å²) in [7, 11) is -1.96. The quantitative estimate of drug-likeness (QED) is 0.439. The molecule has 0 aliphatic rings. The molecule has 0 bridgehead atoms. The fourth-order valence-electron chi connectivity index (χ4n) is 3.69. The number of para-hydroxylation sites is 1. The molecule has 10 nitrogen and oxygen atoms in total. The van der Waals surface area contributed by atoms with Crippen molar-refractivity contribution in [3.8, 4) is 5.69 Å². The molecular formula is C25H30N4O6S. The van der Waals surface area contributed by atoms with E-state index < -0.39 is 33.6 Å². The van der Waals surface area contributed by atoms with Gasteiger partial charge in [0.05, 0.1) is 21.8 Å². The number of hydrogen-bond donors (Lipinski definition) is 1. The van der Waals surface area contributed by atoms with Crippen molar-refractivity contribution in [3.63, 3.8) is 0 Å². The van der Waals surface area contributed by atoms with Crippen LogP contribution in [-0.4, -0.2) is 53.2 Å². The van der Waals surface area contributed by atoms with Crippen molar-refractivity contribution in [1.29, 1.82) is 0 Å². The first-order chi connectivity index (χ1) is 17.0. The highest BCUT2D eigenvalue weighted by Crippen LogP contribution is 2.18. The predicted molar refractivity (Wildman–Crippen MR) is 136 cm³/mol. The molecule has 0 spiro atoms. The molecule has 1 N–H and O–H groups in total. The van der Waals surface area contributed by atoms with E-state index in [1.54, 1.807) is 56.8 Å². The smallest absolute Gasteiger partial charge is 0.338 e. The maximum absolute atomic E-state index is 13.0. The van der Waals surface area contributed by atoms with Gasteiger partial charge in [-0.05, 0) is 50.2 Å². The van der Waals surface area contributed by atoms with Crippen LogP contribution in [-0.2, 0) is 26.6 Å². The lowest BCUT2D eigenvalue weighted by atomic mass is 10.2. The highest BCUT2D eigenvalue weighted by atomic mass is 32.2. The van der Waals surface area contributed by atoms with Crippen molar-refractivity contribution in [1.82, 2.24) is 13.7 Å². The maximum atomic E-state index is 13.0. The molecule has 3 aromatic rings. The van der Waals surface area contributed by atoms with Crippen molar-refractivity contribution < 1.29 is 22.7 Å². The third-order valence-corrected chi connectivity index (χ3v) is 7.95. The molecule has 0 saturated carbocycles. The Bertz CT molecular complexity index is 1410. The minimum Gasteiger partial charge on any atom is -0.449 e. The summed E-state index contributed by atoms with van der Waals surface area (Å²) in [4.78, 5) is 38.3. The maximum Gasteiger partial charge on any atom is 0.338 e. The molecule has 1 aromatic heterocycles. The monoisotopic (exact) mass is 514 g/mol. The Balaban J connectivity index is 1.72. The second-order valence-electron chi connectivity index (χ2n) is 8.09. The highest BCUT2D eigenvalue weighted by Gasteiger charge is 2.25. The second kappa shape index (κ2) is 10.9. The number of rotatable bonds is 9. The van der Waals surface area contributed by atoms with Gasteiger partial charge in [0.25, 0.3) is 11.5 Å². The number of carbonyl (C=O) groups is 2. The van der Waals surface area contributed by atoms with E-state index in [9.17, 15) is 22.8 Å². The number of amides is 1. The first-order valence-corrected chi connectivity index (χ1v) is 12.9. The van der Waals surface area contributed by atoms with Crippen LogP contribution >= 0.6 is 0 Å². The molecule has 1 amide bonds. The van der Waals surface area contributed by atoms with Gasteiger partial charge < -0.3 is 10.1 Å². The Hall–Kier alpha value is -3.70.